The Morgan fingerprint density at radius 3 is 3.00 bits per heavy atom. The van der Waals surface area contributed by atoms with Crippen LogP contribution in [-0.4, -0.2) is 10.8 Å². The first kappa shape index (κ1) is 11.0. The summed E-state index contributed by atoms with van der Waals surface area (Å²) in [5.74, 6) is 0.805. The van der Waals surface area contributed by atoms with Crippen molar-refractivity contribution in [3.05, 3.63) is 59.4 Å². The van der Waals surface area contributed by atoms with Gasteiger partial charge in [0.05, 0.1) is 12.0 Å². The molecule has 1 aliphatic heterocycles. The number of Topliss-reactive ketones (excluding diaryl/α,β-unsaturated/α-hetero) is 1. The second kappa shape index (κ2) is 4.26. The highest BCUT2D eigenvalue weighted by atomic mass is 16.5. The molecule has 0 amide bonds. The molecule has 0 unspecified atom stereocenters. The highest BCUT2D eigenvalue weighted by Gasteiger charge is 2.27. The highest BCUT2D eigenvalue weighted by Crippen LogP contribution is 2.34. The zero-order chi connectivity index (χ0) is 12.5. The van der Waals surface area contributed by atoms with Crippen LogP contribution >= 0.6 is 0 Å². The van der Waals surface area contributed by atoms with Crippen LogP contribution in [0.3, 0.4) is 0 Å². The lowest BCUT2D eigenvalue weighted by Gasteiger charge is -2.25. The fraction of sp³-hybridized carbons (Fsp3) is 0.200. The molecule has 3 nitrogen and oxygen atoms in total. The van der Waals surface area contributed by atoms with Crippen LogP contribution in [0.2, 0.25) is 0 Å². The molecule has 2 aromatic rings. The zero-order valence-corrected chi connectivity index (χ0v) is 10.1. The molecule has 0 aliphatic carbocycles. The van der Waals surface area contributed by atoms with Crippen molar-refractivity contribution < 1.29 is 9.53 Å². The predicted octanol–water partition coefficient (Wildman–Crippen LogP) is 3.10. The minimum Gasteiger partial charge on any atom is -0.484 e. The lowest BCUT2D eigenvalue weighted by Crippen LogP contribution is -2.20. The third kappa shape index (κ3) is 1.88. The number of nitrogens with zero attached hydrogens (tertiary/aromatic N) is 1. The van der Waals surface area contributed by atoms with Crippen molar-refractivity contribution in [2.75, 3.05) is 0 Å². The first-order valence-corrected chi connectivity index (χ1v) is 5.94. The summed E-state index contributed by atoms with van der Waals surface area (Å²) in [5, 5.41) is 0. The third-order valence-electron chi connectivity index (χ3n) is 3.13. The summed E-state index contributed by atoms with van der Waals surface area (Å²) in [6, 6.07) is 9.50. The largest absolute Gasteiger partial charge is 0.484 e. The first-order valence-electron chi connectivity index (χ1n) is 5.94. The van der Waals surface area contributed by atoms with Crippen molar-refractivity contribution in [2.45, 2.75) is 19.4 Å². The summed E-state index contributed by atoms with van der Waals surface area (Å²) in [5.41, 5.74) is 2.71. The molecule has 90 valence electrons. The van der Waals surface area contributed by atoms with E-state index >= 15 is 0 Å². The molecule has 0 spiro atoms. The molecule has 1 aliphatic rings. The summed E-state index contributed by atoms with van der Waals surface area (Å²) in [4.78, 5) is 16.2. The summed E-state index contributed by atoms with van der Waals surface area (Å²) >= 11 is 0. The van der Waals surface area contributed by atoms with Gasteiger partial charge in [-0.25, -0.2) is 0 Å². The number of aromatic nitrogens is 1. The smallest absolute Gasteiger partial charge is 0.170 e. The number of hydrogen-bond acceptors (Lipinski definition) is 3. The predicted molar refractivity (Wildman–Crippen MR) is 67.7 cm³/mol. The molecule has 0 radical (unpaired) electrons. The van der Waals surface area contributed by atoms with Gasteiger partial charge in [0.25, 0.3) is 0 Å². The molecule has 0 saturated carbocycles. The van der Waals surface area contributed by atoms with Gasteiger partial charge in [0.2, 0.25) is 0 Å². The first-order chi connectivity index (χ1) is 8.74. The number of benzene rings is 1. The van der Waals surface area contributed by atoms with E-state index in [4.69, 9.17) is 4.74 Å². The fourth-order valence-electron chi connectivity index (χ4n) is 2.19. The van der Waals surface area contributed by atoms with Gasteiger partial charge in [-0.3, -0.25) is 9.78 Å². The summed E-state index contributed by atoms with van der Waals surface area (Å²) < 4.78 is 5.88. The van der Waals surface area contributed by atoms with Crippen LogP contribution in [0.4, 0.5) is 0 Å². The van der Waals surface area contributed by atoms with Crippen LogP contribution < -0.4 is 4.74 Å². The second-order valence-electron chi connectivity index (χ2n) is 4.52. The van der Waals surface area contributed by atoms with E-state index in [1.807, 2.05) is 37.3 Å². The third-order valence-corrected chi connectivity index (χ3v) is 3.13. The number of rotatable bonds is 1. The molecular weight excluding hydrogens is 226 g/mol. The van der Waals surface area contributed by atoms with Crippen LogP contribution in [0.5, 0.6) is 5.75 Å². The van der Waals surface area contributed by atoms with Gasteiger partial charge in [-0.15, -0.1) is 0 Å². The van der Waals surface area contributed by atoms with Crippen molar-refractivity contribution in [3.8, 4) is 5.75 Å². The van der Waals surface area contributed by atoms with E-state index in [0.717, 1.165) is 11.1 Å². The average molecular weight is 239 g/mol. The number of pyridine rings is 1. The van der Waals surface area contributed by atoms with Gasteiger partial charge >= 0.3 is 0 Å². The van der Waals surface area contributed by atoms with Gasteiger partial charge in [-0.05, 0) is 25.1 Å². The summed E-state index contributed by atoms with van der Waals surface area (Å²) in [7, 11) is 0. The molecule has 18 heavy (non-hydrogen) atoms. The van der Waals surface area contributed by atoms with E-state index < -0.39 is 0 Å². The monoisotopic (exact) mass is 239 g/mol. The quantitative estimate of drug-likeness (QED) is 0.767. The molecule has 1 aromatic carbocycles. The van der Waals surface area contributed by atoms with Gasteiger partial charge in [0.15, 0.2) is 5.78 Å². The lowest BCUT2D eigenvalue weighted by atomic mass is 9.96. The Bertz CT molecular complexity index is 593. The Morgan fingerprint density at radius 1 is 1.33 bits per heavy atom. The molecular formula is C15H13NO2. The Kier molecular flexibility index (Phi) is 2.59. The Labute approximate surface area is 105 Å². The average Bonchev–Trinajstić information content (AvgIpc) is 2.40. The van der Waals surface area contributed by atoms with E-state index in [-0.39, 0.29) is 11.9 Å². The zero-order valence-electron chi connectivity index (χ0n) is 10.1. The lowest BCUT2D eigenvalue weighted by molar-refractivity contribution is 0.0849. The second-order valence-corrected chi connectivity index (χ2v) is 4.52. The number of carbonyl (C=O) groups excluding carboxylic acids is 1. The van der Waals surface area contributed by atoms with E-state index in [1.165, 1.54) is 0 Å². The van der Waals surface area contributed by atoms with Crippen molar-refractivity contribution in [2.24, 2.45) is 0 Å². The highest BCUT2D eigenvalue weighted by molar-refractivity contribution is 6.00. The standard InChI is InChI=1S/C15H13NO2/c1-10-4-5-14-12(7-10)13(17)8-15(18-14)11-3-2-6-16-9-11/h2-7,9,15H,8H2,1H3/t15-/m1/s1. The Balaban J connectivity index is 1.97. The molecule has 0 bridgehead atoms. The van der Waals surface area contributed by atoms with Crippen LogP contribution in [0.15, 0.2) is 42.7 Å². The normalized spacial score (nSPS) is 18.1. The van der Waals surface area contributed by atoms with Crippen LogP contribution in [0.1, 0.15) is 34.0 Å². The number of ketones is 1. The molecule has 0 saturated heterocycles. The van der Waals surface area contributed by atoms with Gasteiger partial charge in [-0.2, -0.15) is 0 Å². The van der Waals surface area contributed by atoms with Gasteiger partial charge in [0, 0.05) is 18.0 Å². The van der Waals surface area contributed by atoms with Crippen molar-refractivity contribution in [1.82, 2.24) is 4.98 Å². The van der Waals surface area contributed by atoms with Gasteiger partial charge in [0.1, 0.15) is 11.9 Å². The Morgan fingerprint density at radius 2 is 2.22 bits per heavy atom. The molecule has 0 N–H and O–H groups in total. The Hall–Kier alpha value is -2.16. The molecule has 0 fully saturated rings. The van der Waals surface area contributed by atoms with Crippen LogP contribution in [-0.2, 0) is 0 Å². The number of hydrogen-bond donors (Lipinski definition) is 0. The maximum absolute atomic E-state index is 12.1. The SMILES string of the molecule is Cc1ccc2c(c1)C(=O)C[C@H](c1cccnc1)O2. The molecule has 1 atom stereocenters. The summed E-state index contributed by atoms with van der Waals surface area (Å²) in [6.07, 6.45) is 3.62. The van der Waals surface area contributed by atoms with Crippen molar-refractivity contribution in [1.29, 1.82) is 0 Å². The molecule has 3 heteroatoms. The maximum atomic E-state index is 12.1. The minimum atomic E-state index is -0.221. The maximum Gasteiger partial charge on any atom is 0.170 e. The van der Waals surface area contributed by atoms with Gasteiger partial charge in [-0.1, -0.05) is 17.7 Å². The minimum absolute atomic E-state index is 0.133. The van der Waals surface area contributed by atoms with Crippen LogP contribution in [0.25, 0.3) is 0 Å². The summed E-state index contributed by atoms with van der Waals surface area (Å²) in [6.45, 7) is 1.97. The van der Waals surface area contributed by atoms with E-state index in [2.05, 4.69) is 4.98 Å². The number of carbonyl (C=O) groups is 1. The van der Waals surface area contributed by atoms with E-state index in [9.17, 15) is 4.79 Å². The molecule has 2 heterocycles. The molecule has 3 rings (SSSR count). The van der Waals surface area contributed by atoms with Crippen molar-refractivity contribution in [3.63, 3.8) is 0 Å². The fourth-order valence-corrected chi connectivity index (χ4v) is 2.19. The molecule has 1 aromatic heterocycles. The number of ether oxygens (including phenoxy) is 1. The van der Waals surface area contributed by atoms with Crippen LogP contribution in [0, 0.1) is 6.92 Å². The number of aryl methyl sites for hydroxylation is 1. The number of fused-ring (bicyclic) bond motifs is 1. The van der Waals surface area contributed by atoms with E-state index in [1.54, 1.807) is 12.4 Å². The van der Waals surface area contributed by atoms with Crippen molar-refractivity contribution >= 4 is 5.78 Å². The van der Waals surface area contributed by atoms with Gasteiger partial charge < -0.3 is 4.74 Å². The van der Waals surface area contributed by atoms with E-state index in [0.29, 0.717) is 17.7 Å². The topological polar surface area (TPSA) is 39.2 Å².